The second-order valence-corrected chi connectivity index (χ2v) is 4.63. The first kappa shape index (κ1) is 13.4. The van der Waals surface area contributed by atoms with Crippen molar-refractivity contribution in [3.05, 3.63) is 29.3 Å². The van der Waals surface area contributed by atoms with Gasteiger partial charge in [-0.15, -0.1) is 0 Å². The zero-order chi connectivity index (χ0) is 13.2. The summed E-state index contributed by atoms with van der Waals surface area (Å²) in [5, 5.41) is 8.63. The first-order chi connectivity index (χ1) is 7.83. The van der Waals surface area contributed by atoms with E-state index in [1.165, 1.54) is 0 Å². The van der Waals surface area contributed by atoms with Crippen molar-refractivity contribution in [3.63, 3.8) is 0 Å². The van der Waals surface area contributed by atoms with Crippen LogP contribution in [0.25, 0.3) is 0 Å². The maximum atomic E-state index is 13.8. The summed E-state index contributed by atoms with van der Waals surface area (Å²) in [6, 6.07) is 3.84. The van der Waals surface area contributed by atoms with Gasteiger partial charge in [-0.1, -0.05) is 6.92 Å². The number of anilines is 1. The highest BCUT2D eigenvalue weighted by atomic mass is 19.1. The van der Waals surface area contributed by atoms with Crippen molar-refractivity contribution in [3.8, 4) is 6.07 Å². The molecule has 0 spiro atoms. The van der Waals surface area contributed by atoms with E-state index >= 15 is 0 Å². The summed E-state index contributed by atoms with van der Waals surface area (Å²) in [6.07, 6.45) is 0.752. The highest BCUT2D eigenvalue weighted by Gasteiger charge is 2.26. The molecule has 0 amide bonds. The Hall–Kier alpha value is -1.63. The summed E-state index contributed by atoms with van der Waals surface area (Å²) >= 11 is 0. The van der Waals surface area contributed by atoms with Gasteiger partial charge in [-0.2, -0.15) is 5.26 Å². The molecule has 1 rings (SSSR count). The van der Waals surface area contributed by atoms with Gasteiger partial charge in [0.25, 0.3) is 0 Å². The van der Waals surface area contributed by atoms with E-state index in [-0.39, 0.29) is 16.8 Å². The van der Waals surface area contributed by atoms with Crippen LogP contribution in [0.15, 0.2) is 12.1 Å². The Bertz CT molecular complexity index is 438. The summed E-state index contributed by atoms with van der Waals surface area (Å²) < 4.78 is 27.6. The molecule has 1 aromatic rings. The molecular weight excluding hydrogens is 222 g/mol. The van der Waals surface area contributed by atoms with E-state index in [0.717, 1.165) is 18.6 Å². The Balaban J connectivity index is 3.29. The van der Waals surface area contributed by atoms with Gasteiger partial charge >= 0.3 is 0 Å². The number of nitriles is 1. The minimum absolute atomic E-state index is 0.00791. The summed E-state index contributed by atoms with van der Waals surface area (Å²) in [5.74, 6) is -1.41. The second-order valence-electron chi connectivity index (χ2n) is 4.63. The summed E-state index contributed by atoms with van der Waals surface area (Å²) in [7, 11) is 1.65. The Morgan fingerprint density at radius 2 is 1.76 bits per heavy atom. The fraction of sp³-hybridized carbons (Fsp3) is 0.462. The molecule has 0 aliphatic heterocycles. The maximum Gasteiger partial charge on any atom is 0.150 e. The van der Waals surface area contributed by atoms with Gasteiger partial charge in [0.15, 0.2) is 11.6 Å². The molecule has 0 N–H and O–H groups in total. The van der Waals surface area contributed by atoms with Crippen molar-refractivity contribution < 1.29 is 8.78 Å². The van der Waals surface area contributed by atoms with E-state index in [4.69, 9.17) is 5.26 Å². The molecule has 0 aliphatic rings. The van der Waals surface area contributed by atoms with Gasteiger partial charge in [0.2, 0.25) is 0 Å². The zero-order valence-electron chi connectivity index (χ0n) is 10.5. The SMILES string of the molecule is CCC(C)(C)N(C)c1c(F)cc(C#N)cc1F. The van der Waals surface area contributed by atoms with Crippen LogP contribution >= 0.6 is 0 Å². The van der Waals surface area contributed by atoms with Crippen LogP contribution in [-0.4, -0.2) is 12.6 Å². The molecule has 0 atom stereocenters. The smallest absolute Gasteiger partial charge is 0.150 e. The van der Waals surface area contributed by atoms with Crippen LogP contribution in [0, 0.1) is 23.0 Å². The number of hydrogen-bond donors (Lipinski definition) is 0. The van der Waals surface area contributed by atoms with E-state index in [1.54, 1.807) is 18.0 Å². The molecule has 0 unspecified atom stereocenters. The number of halogens is 2. The van der Waals surface area contributed by atoms with Crippen LogP contribution in [-0.2, 0) is 0 Å². The Labute approximate surface area is 100 Å². The van der Waals surface area contributed by atoms with Crippen LogP contribution < -0.4 is 4.90 Å². The van der Waals surface area contributed by atoms with Gasteiger partial charge in [-0.3, -0.25) is 0 Å². The van der Waals surface area contributed by atoms with Crippen LogP contribution in [0.3, 0.4) is 0 Å². The van der Waals surface area contributed by atoms with Gasteiger partial charge < -0.3 is 4.90 Å². The number of benzene rings is 1. The van der Waals surface area contributed by atoms with Crippen LogP contribution in [0.1, 0.15) is 32.8 Å². The molecule has 4 heteroatoms. The first-order valence-corrected chi connectivity index (χ1v) is 5.46. The van der Waals surface area contributed by atoms with Crippen molar-refractivity contribution >= 4 is 5.69 Å². The normalized spacial score (nSPS) is 11.1. The molecule has 17 heavy (non-hydrogen) atoms. The molecule has 92 valence electrons. The third-order valence-corrected chi connectivity index (χ3v) is 3.25. The quantitative estimate of drug-likeness (QED) is 0.806. The summed E-state index contributed by atoms with van der Waals surface area (Å²) in [5.41, 5.74) is -0.446. The second kappa shape index (κ2) is 4.70. The lowest BCUT2D eigenvalue weighted by molar-refractivity contribution is 0.452. The molecule has 2 nitrogen and oxygen atoms in total. The van der Waals surface area contributed by atoms with Crippen LogP contribution in [0.2, 0.25) is 0 Å². The predicted octanol–water partition coefficient (Wildman–Crippen LogP) is 3.46. The number of nitrogens with zero attached hydrogens (tertiary/aromatic N) is 2. The van der Waals surface area contributed by atoms with Crippen molar-refractivity contribution in [1.82, 2.24) is 0 Å². The molecule has 0 saturated carbocycles. The zero-order valence-corrected chi connectivity index (χ0v) is 10.5. The Kier molecular flexibility index (Phi) is 3.72. The third kappa shape index (κ3) is 2.55. The molecule has 0 aromatic heterocycles. The van der Waals surface area contributed by atoms with E-state index in [2.05, 4.69) is 0 Å². The lowest BCUT2D eigenvalue weighted by atomic mass is 9.98. The standard InChI is InChI=1S/C13H16F2N2/c1-5-13(2,3)17(4)12-10(14)6-9(8-16)7-11(12)15/h6-7H,5H2,1-4H3. The monoisotopic (exact) mass is 238 g/mol. The van der Waals surface area contributed by atoms with Gasteiger partial charge in [0.1, 0.15) is 5.69 Å². The molecule has 0 bridgehead atoms. The van der Waals surface area contributed by atoms with E-state index in [1.807, 2.05) is 20.8 Å². The van der Waals surface area contributed by atoms with Crippen LogP contribution in [0.4, 0.5) is 14.5 Å². The van der Waals surface area contributed by atoms with Gasteiger partial charge in [-0.05, 0) is 32.4 Å². The molecule has 0 radical (unpaired) electrons. The fourth-order valence-electron chi connectivity index (χ4n) is 1.49. The largest absolute Gasteiger partial charge is 0.365 e. The molecule has 0 aliphatic carbocycles. The predicted molar refractivity (Wildman–Crippen MR) is 63.8 cm³/mol. The van der Waals surface area contributed by atoms with E-state index in [9.17, 15) is 8.78 Å². The summed E-state index contributed by atoms with van der Waals surface area (Å²) in [4.78, 5) is 1.57. The van der Waals surface area contributed by atoms with Gasteiger partial charge in [-0.25, -0.2) is 8.78 Å². The van der Waals surface area contributed by atoms with E-state index in [0.29, 0.717) is 0 Å². The minimum Gasteiger partial charge on any atom is -0.365 e. The average Bonchev–Trinajstić information content (AvgIpc) is 2.27. The van der Waals surface area contributed by atoms with Gasteiger partial charge in [0, 0.05) is 12.6 Å². The van der Waals surface area contributed by atoms with Gasteiger partial charge in [0.05, 0.1) is 11.6 Å². The first-order valence-electron chi connectivity index (χ1n) is 5.46. The fourth-order valence-corrected chi connectivity index (χ4v) is 1.49. The maximum absolute atomic E-state index is 13.8. The molecule has 0 fully saturated rings. The highest BCUT2D eigenvalue weighted by molar-refractivity contribution is 5.53. The van der Waals surface area contributed by atoms with Crippen molar-refractivity contribution in [2.45, 2.75) is 32.7 Å². The van der Waals surface area contributed by atoms with Crippen molar-refractivity contribution in [2.75, 3.05) is 11.9 Å². The topological polar surface area (TPSA) is 27.0 Å². The van der Waals surface area contributed by atoms with Crippen molar-refractivity contribution in [1.29, 1.82) is 5.26 Å². The lowest BCUT2D eigenvalue weighted by Crippen LogP contribution is -2.41. The summed E-state index contributed by atoms with van der Waals surface area (Å²) in [6.45, 7) is 5.77. The number of rotatable bonds is 3. The highest BCUT2D eigenvalue weighted by Crippen LogP contribution is 2.30. The Morgan fingerprint density at radius 1 is 1.29 bits per heavy atom. The number of hydrogen-bond acceptors (Lipinski definition) is 2. The Morgan fingerprint density at radius 3 is 2.12 bits per heavy atom. The average molecular weight is 238 g/mol. The minimum atomic E-state index is -0.703. The molecule has 0 heterocycles. The van der Waals surface area contributed by atoms with Crippen LogP contribution in [0.5, 0.6) is 0 Å². The molecular formula is C13H16F2N2. The lowest BCUT2D eigenvalue weighted by Gasteiger charge is -2.37. The molecule has 1 aromatic carbocycles. The van der Waals surface area contributed by atoms with Crippen molar-refractivity contribution in [2.24, 2.45) is 0 Å². The molecule has 0 saturated heterocycles. The third-order valence-electron chi connectivity index (χ3n) is 3.25. The van der Waals surface area contributed by atoms with E-state index < -0.39 is 11.6 Å².